The topological polar surface area (TPSA) is 18.5 Å². The quantitative estimate of drug-likeness (QED) is 0.278. The molecule has 1 rings (SSSR count). The van der Waals surface area contributed by atoms with E-state index in [0.717, 1.165) is 12.8 Å². The molecule has 16 heavy (non-hydrogen) atoms. The van der Waals surface area contributed by atoms with Crippen LogP contribution in [0.3, 0.4) is 0 Å². The maximum Gasteiger partial charge on any atom is 1.00 e. The van der Waals surface area contributed by atoms with Gasteiger partial charge in [-0.15, -0.1) is 6.08 Å². The Balaban J connectivity index is 0.00000225. The van der Waals surface area contributed by atoms with Gasteiger partial charge in [-0.2, -0.15) is 6.08 Å². The van der Waals surface area contributed by atoms with Crippen LogP contribution in [0.2, 0.25) is 0 Å². The third kappa shape index (κ3) is 6.41. The van der Waals surface area contributed by atoms with Crippen molar-refractivity contribution in [1.82, 2.24) is 0 Å². The van der Waals surface area contributed by atoms with E-state index in [1.807, 2.05) is 19.9 Å². The fourth-order valence-electron chi connectivity index (χ4n) is 1.31. The predicted octanol–water partition coefficient (Wildman–Crippen LogP) is -0.305. The molecule has 1 heterocycles. The SMILES string of the molecule is CCCCC#C[C-]=C[C@H]1COC(C)(C)O1.[Li+]. The van der Waals surface area contributed by atoms with Crippen molar-refractivity contribution in [3.63, 3.8) is 0 Å². The number of hydrogen-bond donors (Lipinski definition) is 0. The molecule has 0 saturated carbocycles. The molecule has 1 aliphatic heterocycles. The zero-order chi connectivity index (χ0) is 11.1. The molecule has 1 aliphatic rings. The molecule has 0 unspecified atom stereocenters. The van der Waals surface area contributed by atoms with Gasteiger partial charge in [-0.25, -0.2) is 0 Å². The summed E-state index contributed by atoms with van der Waals surface area (Å²) < 4.78 is 11.0. The summed E-state index contributed by atoms with van der Waals surface area (Å²) in [5, 5.41) is 0. The van der Waals surface area contributed by atoms with Crippen LogP contribution in [0.4, 0.5) is 0 Å². The molecule has 1 saturated heterocycles. The molecule has 1 atom stereocenters. The Bertz CT molecular complexity index is 273. The number of hydrogen-bond acceptors (Lipinski definition) is 2. The number of rotatable bonds is 3. The van der Waals surface area contributed by atoms with Crippen LogP contribution < -0.4 is 18.9 Å². The Kier molecular flexibility index (Phi) is 7.90. The Morgan fingerprint density at radius 1 is 1.50 bits per heavy atom. The van der Waals surface area contributed by atoms with Crippen molar-refractivity contribution in [3.8, 4) is 11.8 Å². The van der Waals surface area contributed by atoms with Gasteiger partial charge < -0.3 is 21.3 Å². The number of allylic oxidation sites excluding steroid dienone is 1. The van der Waals surface area contributed by atoms with Gasteiger partial charge in [-0.05, 0) is 13.8 Å². The zero-order valence-corrected chi connectivity index (χ0v) is 10.8. The van der Waals surface area contributed by atoms with Gasteiger partial charge in [0.25, 0.3) is 0 Å². The Morgan fingerprint density at radius 2 is 2.25 bits per heavy atom. The van der Waals surface area contributed by atoms with Crippen LogP contribution in [0.5, 0.6) is 0 Å². The number of ether oxygens (including phenoxy) is 2. The molecule has 0 N–H and O–H groups in total. The van der Waals surface area contributed by atoms with E-state index in [2.05, 4.69) is 24.8 Å². The fraction of sp³-hybridized carbons (Fsp3) is 0.692. The molecular weight excluding hydrogens is 195 g/mol. The molecule has 0 radical (unpaired) electrons. The summed E-state index contributed by atoms with van der Waals surface area (Å²) in [4.78, 5) is 0. The fourth-order valence-corrected chi connectivity index (χ4v) is 1.31. The summed E-state index contributed by atoms with van der Waals surface area (Å²) in [6, 6.07) is 0. The minimum atomic E-state index is -0.460. The Hall–Kier alpha value is -0.183. The van der Waals surface area contributed by atoms with E-state index in [0.29, 0.717) is 6.61 Å². The van der Waals surface area contributed by atoms with Crippen molar-refractivity contribution in [2.75, 3.05) is 6.61 Å². The van der Waals surface area contributed by atoms with Crippen molar-refractivity contribution < 1.29 is 28.3 Å². The van der Waals surface area contributed by atoms with Gasteiger partial charge in [-0.1, -0.05) is 26.2 Å². The predicted molar refractivity (Wildman–Crippen MR) is 60.0 cm³/mol. The first kappa shape index (κ1) is 15.8. The standard InChI is InChI=1S/C13H19O2.Li/c1-4-5-6-7-8-9-10-12-11-14-13(2,3)15-12;/h10,12H,4-6,11H2,1-3H3;/q-1;+1/t12-;/m0./s1. The van der Waals surface area contributed by atoms with Gasteiger partial charge in [0.15, 0.2) is 5.79 Å². The second kappa shape index (κ2) is 7.99. The smallest absolute Gasteiger partial charge is 0.348 e. The third-order valence-corrected chi connectivity index (χ3v) is 2.12. The van der Waals surface area contributed by atoms with Gasteiger partial charge in [0, 0.05) is 0 Å². The molecule has 0 amide bonds. The zero-order valence-electron chi connectivity index (χ0n) is 10.8. The maximum atomic E-state index is 5.57. The van der Waals surface area contributed by atoms with Crippen molar-refractivity contribution >= 4 is 0 Å². The van der Waals surface area contributed by atoms with Crippen molar-refractivity contribution in [2.45, 2.75) is 51.9 Å². The van der Waals surface area contributed by atoms with Crippen molar-refractivity contribution in [3.05, 3.63) is 12.2 Å². The minimum absolute atomic E-state index is 0. The first-order valence-electron chi connectivity index (χ1n) is 5.52. The molecule has 3 heteroatoms. The first-order chi connectivity index (χ1) is 7.14. The Morgan fingerprint density at radius 3 is 2.81 bits per heavy atom. The van der Waals surface area contributed by atoms with E-state index < -0.39 is 5.79 Å². The molecule has 0 bridgehead atoms. The summed E-state index contributed by atoms with van der Waals surface area (Å²) in [7, 11) is 0. The molecule has 0 aromatic carbocycles. The molecule has 0 aromatic rings. The molecule has 84 valence electrons. The van der Waals surface area contributed by atoms with Gasteiger partial charge in [0.05, 0.1) is 12.7 Å². The van der Waals surface area contributed by atoms with E-state index >= 15 is 0 Å². The van der Waals surface area contributed by atoms with E-state index in [4.69, 9.17) is 9.47 Å². The molecule has 0 spiro atoms. The van der Waals surface area contributed by atoms with Crippen LogP contribution in [-0.4, -0.2) is 18.5 Å². The van der Waals surface area contributed by atoms with Crippen LogP contribution in [0.25, 0.3) is 0 Å². The average Bonchev–Trinajstić information content (AvgIpc) is 2.52. The Labute approximate surface area is 111 Å². The first-order valence-corrected chi connectivity index (χ1v) is 5.52. The monoisotopic (exact) mass is 214 g/mol. The second-order valence-electron chi connectivity index (χ2n) is 4.08. The van der Waals surface area contributed by atoms with Crippen LogP contribution >= 0.6 is 0 Å². The van der Waals surface area contributed by atoms with Gasteiger partial charge in [0.1, 0.15) is 0 Å². The van der Waals surface area contributed by atoms with Gasteiger partial charge >= 0.3 is 18.9 Å². The average molecular weight is 214 g/mol. The number of unbranched alkanes of at least 4 members (excludes halogenated alkanes) is 2. The van der Waals surface area contributed by atoms with Crippen LogP contribution in [0, 0.1) is 17.9 Å². The normalized spacial score (nSPS) is 22.6. The maximum absolute atomic E-state index is 5.57. The van der Waals surface area contributed by atoms with E-state index in [-0.39, 0.29) is 25.0 Å². The summed E-state index contributed by atoms with van der Waals surface area (Å²) in [5.74, 6) is 5.47. The molecule has 2 nitrogen and oxygen atoms in total. The summed E-state index contributed by atoms with van der Waals surface area (Å²) in [6.45, 7) is 6.57. The molecular formula is C13H19LiO2. The van der Waals surface area contributed by atoms with Crippen LogP contribution in [0.15, 0.2) is 6.08 Å². The second-order valence-corrected chi connectivity index (χ2v) is 4.08. The molecule has 1 fully saturated rings. The molecule has 0 aliphatic carbocycles. The van der Waals surface area contributed by atoms with E-state index in [1.54, 1.807) is 0 Å². The van der Waals surface area contributed by atoms with Gasteiger partial charge in [0.2, 0.25) is 0 Å². The van der Waals surface area contributed by atoms with Crippen LogP contribution in [0.1, 0.15) is 40.0 Å². The van der Waals surface area contributed by atoms with Crippen LogP contribution in [-0.2, 0) is 9.47 Å². The molecule has 0 aromatic heterocycles. The summed E-state index contributed by atoms with van der Waals surface area (Å²) >= 11 is 0. The van der Waals surface area contributed by atoms with Crippen molar-refractivity contribution in [1.29, 1.82) is 0 Å². The largest absolute Gasteiger partial charge is 1.00 e. The summed E-state index contributed by atoms with van der Waals surface area (Å²) in [6.07, 6.45) is 8.07. The van der Waals surface area contributed by atoms with Crippen molar-refractivity contribution in [2.24, 2.45) is 0 Å². The van der Waals surface area contributed by atoms with E-state index in [1.165, 1.54) is 6.42 Å². The minimum Gasteiger partial charge on any atom is -0.348 e. The summed E-state index contributed by atoms with van der Waals surface area (Å²) in [5.41, 5.74) is 0. The van der Waals surface area contributed by atoms with E-state index in [9.17, 15) is 0 Å². The van der Waals surface area contributed by atoms with Gasteiger partial charge in [-0.3, -0.25) is 0 Å². The third-order valence-electron chi connectivity index (χ3n) is 2.12.